The van der Waals surface area contributed by atoms with Crippen LogP contribution in [0.3, 0.4) is 0 Å². The van der Waals surface area contributed by atoms with Crippen LogP contribution in [0.25, 0.3) is 11.2 Å². The van der Waals surface area contributed by atoms with Crippen molar-refractivity contribution in [2.24, 2.45) is 0 Å². The monoisotopic (exact) mass is 274 g/mol. The van der Waals surface area contributed by atoms with E-state index in [0.717, 1.165) is 0 Å². The number of nitrogens with zero attached hydrogens (tertiary/aromatic N) is 3. The maximum Gasteiger partial charge on any atom is 0.242 e. The fourth-order valence-electron chi connectivity index (χ4n) is 1.33. The lowest BCUT2D eigenvalue weighted by atomic mass is 10.4. The first kappa shape index (κ1) is 13.0. The molecule has 0 aliphatic carbocycles. The highest BCUT2D eigenvalue weighted by molar-refractivity contribution is 6.28. The summed E-state index contributed by atoms with van der Waals surface area (Å²) in [6.07, 6.45) is -0.679. The molecule has 2 heterocycles. The lowest BCUT2D eigenvalue weighted by Crippen LogP contribution is -2.21. The largest absolute Gasteiger partial charge is 0.492 e. The number of halogens is 1. The Balaban J connectivity index is 2.17. The molecule has 2 aromatic heterocycles. The Morgan fingerprint density at radius 3 is 2.61 bits per heavy atom. The van der Waals surface area contributed by atoms with Gasteiger partial charge in [-0.25, -0.2) is 4.98 Å². The minimum atomic E-state index is -0.679. The summed E-state index contributed by atoms with van der Waals surface area (Å²) in [5, 5.41) is 27.1. The number of aliphatic hydroxyl groups excluding tert-OH is 2. The number of H-pyrrole nitrogens is 1. The second-order valence-corrected chi connectivity index (χ2v) is 3.83. The first-order valence-corrected chi connectivity index (χ1v) is 5.46. The molecule has 2 aromatic rings. The van der Waals surface area contributed by atoms with Gasteiger partial charge in [0, 0.05) is 0 Å². The topological polar surface area (TPSA) is 124 Å². The van der Waals surface area contributed by atoms with E-state index in [1.54, 1.807) is 0 Å². The van der Waals surface area contributed by atoms with Crippen molar-refractivity contribution >= 4 is 22.8 Å². The van der Waals surface area contributed by atoms with Crippen molar-refractivity contribution in [3.05, 3.63) is 11.1 Å². The van der Waals surface area contributed by atoms with E-state index in [0.29, 0.717) is 5.82 Å². The second kappa shape index (κ2) is 5.44. The van der Waals surface area contributed by atoms with Gasteiger partial charge in [-0.2, -0.15) is 9.97 Å². The average molecular weight is 275 g/mol. The molecule has 0 saturated heterocycles. The van der Waals surface area contributed by atoms with Gasteiger partial charge < -0.3 is 25.0 Å². The zero-order chi connectivity index (χ0) is 13.1. The molecule has 0 bridgehead atoms. The smallest absolute Gasteiger partial charge is 0.242 e. The van der Waals surface area contributed by atoms with Crippen LogP contribution in [0.4, 0.5) is 0 Å². The van der Waals surface area contributed by atoms with Crippen LogP contribution >= 0.6 is 11.6 Å². The predicted octanol–water partition coefficient (Wildman–Crippen LogP) is -0.418. The van der Waals surface area contributed by atoms with Gasteiger partial charge in [0.25, 0.3) is 0 Å². The van der Waals surface area contributed by atoms with E-state index in [2.05, 4.69) is 19.9 Å². The number of rotatable bonds is 5. The van der Waals surface area contributed by atoms with E-state index in [9.17, 15) is 5.11 Å². The van der Waals surface area contributed by atoms with Crippen molar-refractivity contribution in [1.82, 2.24) is 19.9 Å². The summed E-state index contributed by atoms with van der Waals surface area (Å²) in [6.45, 7) is -0.569. The molecule has 0 radical (unpaired) electrons. The van der Waals surface area contributed by atoms with E-state index in [4.69, 9.17) is 26.6 Å². The molecule has 0 spiro atoms. The standard InChI is InChI=1S/C9H11ClN4O4/c10-9-13-7-6(8(17)14-9)11-5(12-7)3-18-4(1-15)2-16/h4,15-16H,1-3H2,(H2,11,12,13,14,17). The van der Waals surface area contributed by atoms with Crippen LogP contribution in [0.2, 0.25) is 5.28 Å². The zero-order valence-corrected chi connectivity index (χ0v) is 9.92. The Morgan fingerprint density at radius 2 is 1.94 bits per heavy atom. The third-order valence-electron chi connectivity index (χ3n) is 2.22. The summed E-state index contributed by atoms with van der Waals surface area (Å²) in [4.78, 5) is 14.2. The molecule has 0 fully saturated rings. The number of nitrogens with one attached hydrogen (secondary N) is 1. The van der Waals surface area contributed by atoms with Crippen LogP contribution in [0.5, 0.6) is 5.88 Å². The first-order chi connectivity index (χ1) is 8.63. The number of aromatic hydroxyl groups is 1. The van der Waals surface area contributed by atoms with Crippen LogP contribution in [0.1, 0.15) is 5.82 Å². The molecule has 0 aliphatic rings. The van der Waals surface area contributed by atoms with Crippen LogP contribution < -0.4 is 0 Å². The number of aromatic amines is 1. The third kappa shape index (κ3) is 2.67. The molecule has 0 unspecified atom stereocenters. The molecule has 8 nitrogen and oxygen atoms in total. The Hall–Kier alpha value is -1.48. The maximum absolute atomic E-state index is 9.51. The fraction of sp³-hybridized carbons (Fsp3) is 0.444. The van der Waals surface area contributed by atoms with Crippen LogP contribution in [0, 0.1) is 0 Å². The molecule has 0 atom stereocenters. The Bertz CT molecular complexity index is 543. The number of hydrogen-bond donors (Lipinski definition) is 4. The molecular formula is C9H11ClN4O4. The normalized spacial score (nSPS) is 11.6. The highest BCUT2D eigenvalue weighted by Gasteiger charge is 2.13. The summed E-state index contributed by atoms with van der Waals surface area (Å²) >= 11 is 5.57. The Kier molecular flexibility index (Phi) is 3.92. The molecule has 0 amide bonds. The van der Waals surface area contributed by atoms with E-state index in [-0.39, 0.29) is 42.1 Å². The third-order valence-corrected chi connectivity index (χ3v) is 2.39. The van der Waals surface area contributed by atoms with Crippen molar-refractivity contribution in [2.75, 3.05) is 13.2 Å². The van der Waals surface area contributed by atoms with Crippen LogP contribution in [-0.2, 0) is 11.3 Å². The van der Waals surface area contributed by atoms with Crippen molar-refractivity contribution in [3.8, 4) is 5.88 Å². The van der Waals surface area contributed by atoms with Crippen molar-refractivity contribution in [2.45, 2.75) is 12.7 Å². The summed E-state index contributed by atoms with van der Waals surface area (Å²) in [5.41, 5.74) is 0.471. The molecule has 0 aromatic carbocycles. The molecule has 0 aliphatic heterocycles. The molecule has 98 valence electrons. The van der Waals surface area contributed by atoms with Gasteiger partial charge >= 0.3 is 0 Å². The van der Waals surface area contributed by atoms with E-state index in [1.165, 1.54) is 0 Å². The van der Waals surface area contributed by atoms with Gasteiger partial charge in [0.15, 0.2) is 5.65 Å². The first-order valence-electron chi connectivity index (χ1n) is 5.08. The van der Waals surface area contributed by atoms with Crippen LogP contribution in [0.15, 0.2) is 0 Å². The minimum Gasteiger partial charge on any atom is -0.492 e. The van der Waals surface area contributed by atoms with Crippen LogP contribution in [-0.4, -0.2) is 54.6 Å². The van der Waals surface area contributed by atoms with Crippen molar-refractivity contribution < 1.29 is 20.1 Å². The molecule has 4 N–H and O–H groups in total. The molecular weight excluding hydrogens is 264 g/mol. The number of hydrogen-bond acceptors (Lipinski definition) is 7. The number of aromatic nitrogens is 4. The lowest BCUT2D eigenvalue weighted by molar-refractivity contribution is -0.0304. The summed E-state index contributed by atoms with van der Waals surface area (Å²) < 4.78 is 5.17. The Morgan fingerprint density at radius 1 is 1.22 bits per heavy atom. The average Bonchev–Trinajstić information content (AvgIpc) is 2.73. The van der Waals surface area contributed by atoms with Gasteiger partial charge in [-0.05, 0) is 11.6 Å². The minimum absolute atomic E-state index is 0.0270. The number of ether oxygens (including phenoxy) is 1. The number of imidazole rings is 1. The maximum atomic E-state index is 9.51. The Labute approximate surface area is 106 Å². The molecule has 0 saturated carbocycles. The summed E-state index contributed by atoms with van der Waals surface area (Å²) in [6, 6.07) is 0. The van der Waals surface area contributed by atoms with Gasteiger partial charge in [0.05, 0.1) is 13.2 Å². The van der Waals surface area contributed by atoms with E-state index < -0.39 is 6.10 Å². The number of aliphatic hydroxyl groups is 2. The highest BCUT2D eigenvalue weighted by atomic mass is 35.5. The second-order valence-electron chi connectivity index (χ2n) is 3.50. The molecule has 18 heavy (non-hydrogen) atoms. The fourth-order valence-corrected chi connectivity index (χ4v) is 1.49. The van der Waals surface area contributed by atoms with Crippen molar-refractivity contribution in [1.29, 1.82) is 0 Å². The van der Waals surface area contributed by atoms with Gasteiger partial charge in [-0.3, -0.25) is 0 Å². The van der Waals surface area contributed by atoms with Gasteiger partial charge in [0.2, 0.25) is 11.2 Å². The van der Waals surface area contributed by atoms with Gasteiger partial charge in [0.1, 0.15) is 24.1 Å². The van der Waals surface area contributed by atoms with Gasteiger partial charge in [-0.1, -0.05) is 0 Å². The molecule has 9 heteroatoms. The summed E-state index contributed by atoms with van der Waals surface area (Å²) in [5.74, 6) is 0.0772. The zero-order valence-electron chi connectivity index (χ0n) is 9.17. The number of fused-ring (bicyclic) bond motifs is 1. The highest BCUT2D eigenvalue weighted by Crippen LogP contribution is 2.20. The quantitative estimate of drug-likeness (QED) is 0.546. The van der Waals surface area contributed by atoms with E-state index >= 15 is 0 Å². The predicted molar refractivity (Wildman–Crippen MR) is 61.1 cm³/mol. The van der Waals surface area contributed by atoms with E-state index in [1.807, 2.05) is 0 Å². The summed E-state index contributed by atoms with van der Waals surface area (Å²) in [7, 11) is 0. The lowest BCUT2D eigenvalue weighted by Gasteiger charge is -2.10. The SMILES string of the molecule is OCC(CO)OCc1nc2nc(Cl)nc(O)c2[nH]1. The molecule has 2 rings (SSSR count). The van der Waals surface area contributed by atoms with Gasteiger partial charge in [-0.15, -0.1) is 0 Å². The van der Waals surface area contributed by atoms with Crippen molar-refractivity contribution in [3.63, 3.8) is 0 Å².